The Morgan fingerprint density at radius 2 is 2.27 bits per heavy atom. The average Bonchev–Trinajstić information content (AvgIpc) is 2.04. The van der Waals surface area contributed by atoms with E-state index in [1.54, 1.807) is 13.1 Å². The summed E-state index contributed by atoms with van der Waals surface area (Å²) in [6.07, 6.45) is 0.830. The van der Waals surface area contributed by atoms with Crippen molar-refractivity contribution in [2.24, 2.45) is 0 Å². The number of hydrogen-bond acceptors (Lipinski definition) is 2. The van der Waals surface area contributed by atoms with E-state index in [2.05, 4.69) is 21.2 Å². The van der Waals surface area contributed by atoms with Crippen molar-refractivity contribution in [1.29, 1.82) is 0 Å². The third kappa shape index (κ3) is 1.80. The van der Waals surface area contributed by atoms with Gasteiger partial charge in [0.2, 0.25) is 0 Å². The van der Waals surface area contributed by atoms with E-state index in [1.165, 1.54) is 0 Å². The van der Waals surface area contributed by atoms with E-state index >= 15 is 0 Å². The monoisotopic (exact) mass is 213 g/mol. The Balaban J connectivity index is 3.16. The molecule has 0 aliphatic carbocycles. The van der Waals surface area contributed by atoms with Gasteiger partial charge in [-0.15, -0.1) is 0 Å². The molecular formula is C8H8BrNO. The van der Waals surface area contributed by atoms with Crippen LogP contribution in [0.3, 0.4) is 0 Å². The lowest BCUT2D eigenvalue weighted by Gasteiger charge is -2.02. The van der Waals surface area contributed by atoms with Gasteiger partial charge in [-0.25, -0.2) is 0 Å². The van der Waals surface area contributed by atoms with Crippen LogP contribution < -0.4 is 5.32 Å². The zero-order chi connectivity index (χ0) is 8.27. The number of hydrogen-bond donors (Lipinski definition) is 1. The number of aldehydes is 1. The summed E-state index contributed by atoms with van der Waals surface area (Å²) in [6, 6.07) is 5.52. The Morgan fingerprint density at radius 3 is 2.82 bits per heavy atom. The highest BCUT2D eigenvalue weighted by molar-refractivity contribution is 9.10. The maximum absolute atomic E-state index is 10.5. The molecule has 0 spiro atoms. The molecule has 58 valence electrons. The fourth-order valence-electron chi connectivity index (χ4n) is 0.859. The molecule has 0 aliphatic rings. The largest absolute Gasteiger partial charge is 0.388 e. The van der Waals surface area contributed by atoms with Crippen LogP contribution in [-0.2, 0) is 0 Å². The predicted octanol–water partition coefficient (Wildman–Crippen LogP) is 2.30. The van der Waals surface area contributed by atoms with Gasteiger partial charge in [0.05, 0.1) is 0 Å². The highest BCUT2D eigenvalue weighted by Gasteiger charge is 1.98. The molecule has 0 radical (unpaired) electrons. The van der Waals surface area contributed by atoms with Crippen molar-refractivity contribution in [3.63, 3.8) is 0 Å². The lowest BCUT2D eigenvalue weighted by Crippen LogP contribution is -1.93. The summed E-state index contributed by atoms with van der Waals surface area (Å²) in [6.45, 7) is 0. The molecule has 3 heteroatoms. The summed E-state index contributed by atoms with van der Waals surface area (Å²) in [5.74, 6) is 0. The molecule has 1 aromatic rings. The maximum atomic E-state index is 10.5. The number of rotatable bonds is 2. The van der Waals surface area contributed by atoms with Crippen molar-refractivity contribution in [2.75, 3.05) is 12.4 Å². The van der Waals surface area contributed by atoms with Crippen molar-refractivity contribution in [3.05, 3.63) is 28.2 Å². The summed E-state index contributed by atoms with van der Waals surface area (Å²) in [5, 5.41) is 2.92. The topological polar surface area (TPSA) is 29.1 Å². The second-order valence-corrected chi connectivity index (χ2v) is 3.02. The summed E-state index contributed by atoms with van der Waals surface area (Å²) < 4.78 is 0.915. The molecule has 0 bridgehead atoms. The summed E-state index contributed by atoms with van der Waals surface area (Å²) in [5.41, 5.74) is 1.52. The molecule has 0 saturated heterocycles. The number of nitrogens with one attached hydrogen (secondary N) is 1. The Kier molecular flexibility index (Phi) is 2.65. The van der Waals surface area contributed by atoms with Gasteiger partial charge in [0.15, 0.2) is 6.29 Å². The van der Waals surface area contributed by atoms with Gasteiger partial charge in [0.1, 0.15) is 0 Å². The first-order valence-electron chi connectivity index (χ1n) is 3.20. The van der Waals surface area contributed by atoms with Crippen LogP contribution in [-0.4, -0.2) is 13.3 Å². The van der Waals surface area contributed by atoms with E-state index in [1.807, 2.05) is 12.1 Å². The SMILES string of the molecule is CNc1ccc(Br)cc1C=O. The van der Waals surface area contributed by atoms with E-state index < -0.39 is 0 Å². The summed E-state index contributed by atoms with van der Waals surface area (Å²) in [7, 11) is 1.79. The van der Waals surface area contributed by atoms with E-state index in [9.17, 15) is 4.79 Å². The fraction of sp³-hybridized carbons (Fsp3) is 0.125. The third-order valence-electron chi connectivity index (χ3n) is 1.41. The molecule has 1 rings (SSSR count). The van der Waals surface area contributed by atoms with Crippen LogP contribution in [0.1, 0.15) is 10.4 Å². The normalized spacial score (nSPS) is 9.27. The first kappa shape index (κ1) is 8.27. The van der Waals surface area contributed by atoms with Crippen LogP contribution in [0, 0.1) is 0 Å². The Morgan fingerprint density at radius 1 is 1.55 bits per heavy atom. The van der Waals surface area contributed by atoms with E-state index in [0.717, 1.165) is 16.4 Å². The lowest BCUT2D eigenvalue weighted by atomic mass is 10.2. The van der Waals surface area contributed by atoms with Crippen LogP contribution >= 0.6 is 15.9 Å². The molecule has 1 aromatic carbocycles. The number of carbonyl (C=O) groups is 1. The fourth-order valence-corrected chi connectivity index (χ4v) is 1.24. The van der Waals surface area contributed by atoms with Gasteiger partial charge in [-0.3, -0.25) is 4.79 Å². The van der Waals surface area contributed by atoms with Gasteiger partial charge in [-0.1, -0.05) is 15.9 Å². The number of carbonyl (C=O) groups excluding carboxylic acids is 1. The molecule has 0 aromatic heterocycles. The third-order valence-corrected chi connectivity index (χ3v) is 1.90. The zero-order valence-electron chi connectivity index (χ0n) is 6.10. The quantitative estimate of drug-likeness (QED) is 0.765. The first-order chi connectivity index (χ1) is 5.27. The minimum Gasteiger partial charge on any atom is -0.388 e. The molecule has 0 saturated carbocycles. The molecule has 2 nitrogen and oxygen atoms in total. The number of anilines is 1. The molecule has 0 aliphatic heterocycles. The minimum atomic E-state index is 0.668. The lowest BCUT2D eigenvalue weighted by molar-refractivity contribution is 0.112. The molecule has 0 amide bonds. The van der Waals surface area contributed by atoms with Gasteiger partial charge in [-0.2, -0.15) is 0 Å². The Bertz CT molecular complexity index is 273. The summed E-state index contributed by atoms with van der Waals surface area (Å²) >= 11 is 3.28. The molecule has 11 heavy (non-hydrogen) atoms. The van der Waals surface area contributed by atoms with E-state index in [0.29, 0.717) is 5.56 Å². The zero-order valence-corrected chi connectivity index (χ0v) is 7.68. The molecular weight excluding hydrogens is 206 g/mol. The van der Waals surface area contributed by atoms with Gasteiger partial charge >= 0.3 is 0 Å². The molecule has 0 unspecified atom stereocenters. The van der Waals surface area contributed by atoms with Gasteiger partial charge in [-0.05, 0) is 18.2 Å². The number of benzene rings is 1. The van der Waals surface area contributed by atoms with Crippen molar-refractivity contribution in [2.45, 2.75) is 0 Å². The van der Waals surface area contributed by atoms with Crippen LogP contribution in [0.5, 0.6) is 0 Å². The second kappa shape index (κ2) is 3.53. The van der Waals surface area contributed by atoms with Gasteiger partial charge in [0.25, 0.3) is 0 Å². The van der Waals surface area contributed by atoms with Crippen molar-refractivity contribution in [3.8, 4) is 0 Å². The van der Waals surface area contributed by atoms with Crippen LogP contribution in [0.2, 0.25) is 0 Å². The Hall–Kier alpha value is -0.830. The predicted molar refractivity (Wildman–Crippen MR) is 49.1 cm³/mol. The Labute approximate surface area is 73.7 Å². The van der Waals surface area contributed by atoms with Crippen LogP contribution in [0.4, 0.5) is 5.69 Å². The minimum absolute atomic E-state index is 0.668. The van der Waals surface area contributed by atoms with Crippen molar-refractivity contribution < 1.29 is 4.79 Å². The van der Waals surface area contributed by atoms with Gasteiger partial charge in [0, 0.05) is 22.8 Å². The van der Waals surface area contributed by atoms with Crippen molar-refractivity contribution in [1.82, 2.24) is 0 Å². The average molecular weight is 214 g/mol. The number of halogens is 1. The highest BCUT2D eigenvalue weighted by atomic mass is 79.9. The van der Waals surface area contributed by atoms with Crippen molar-refractivity contribution >= 4 is 27.9 Å². The van der Waals surface area contributed by atoms with Gasteiger partial charge < -0.3 is 5.32 Å². The highest BCUT2D eigenvalue weighted by Crippen LogP contribution is 2.18. The van der Waals surface area contributed by atoms with E-state index in [4.69, 9.17) is 0 Å². The van der Waals surface area contributed by atoms with Crippen LogP contribution in [0.25, 0.3) is 0 Å². The molecule has 0 fully saturated rings. The molecule has 0 atom stereocenters. The summed E-state index contributed by atoms with van der Waals surface area (Å²) in [4.78, 5) is 10.5. The molecule has 1 N–H and O–H groups in total. The maximum Gasteiger partial charge on any atom is 0.152 e. The smallest absolute Gasteiger partial charge is 0.152 e. The second-order valence-electron chi connectivity index (χ2n) is 2.10. The first-order valence-corrected chi connectivity index (χ1v) is 3.99. The van der Waals surface area contributed by atoms with E-state index in [-0.39, 0.29) is 0 Å². The van der Waals surface area contributed by atoms with Crippen LogP contribution in [0.15, 0.2) is 22.7 Å². The standard InChI is InChI=1S/C8H8BrNO/c1-10-8-3-2-7(9)4-6(8)5-11/h2-5,10H,1H3. The molecule has 0 heterocycles.